The summed E-state index contributed by atoms with van der Waals surface area (Å²) in [5.74, 6) is -0.0926. The van der Waals surface area contributed by atoms with Gasteiger partial charge in [-0.1, -0.05) is 23.7 Å². The predicted octanol–water partition coefficient (Wildman–Crippen LogP) is 1.82. The summed E-state index contributed by atoms with van der Waals surface area (Å²) in [6.07, 6.45) is 1.50. The molecule has 0 aliphatic carbocycles. The van der Waals surface area contributed by atoms with Crippen LogP contribution in [0.4, 0.5) is 0 Å². The minimum atomic E-state index is -0.0926. The topological polar surface area (TPSA) is 29.5 Å². The monoisotopic (exact) mass is 210 g/mol. The number of hydrogen-bond donors (Lipinski definition) is 0. The molecule has 3 nitrogen and oxygen atoms in total. The van der Waals surface area contributed by atoms with E-state index in [4.69, 9.17) is 16.4 Å². The van der Waals surface area contributed by atoms with Gasteiger partial charge in [0.15, 0.2) is 0 Å². The zero-order valence-electron chi connectivity index (χ0n) is 7.44. The van der Waals surface area contributed by atoms with Crippen molar-refractivity contribution in [3.8, 4) is 0 Å². The minimum Gasteiger partial charge on any atom is -0.272 e. The highest BCUT2D eigenvalue weighted by Gasteiger charge is 2.21. The molecule has 1 amide bonds. The number of hydrogen-bond acceptors (Lipinski definition) is 2. The van der Waals surface area contributed by atoms with Gasteiger partial charge in [-0.05, 0) is 17.7 Å². The van der Waals surface area contributed by atoms with Crippen molar-refractivity contribution < 1.29 is 9.63 Å². The second-order valence-electron chi connectivity index (χ2n) is 3.00. The van der Waals surface area contributed by atoms with Crippen molar-refractivity contribution in [2.75, 3.05) is 6.61 Å². The molecular weight excluding hydrogens is 202 g/mol. The maximum atomic E-state index is 11.2. The van der Waals surface area contributed by atoms with Gasteiger partial charge in [-0.2, -0.15) is 0 Å². The fraction of sp³-hybridized carbons (Fsp3) is 0.200. The van der Waals surface area contributed by atoms with Crippen molar-refractivity contribution in [3.05, 3.63) is 41.3 Å². The highest BCUT2D eigenvalue weighted by molar-refractivity contribution is 6.30. The Balaban J connectivity index is 2.07. The first-order valence-electron chi connectivity index (χ1n) is 4.28. The number of carbonyl (C=O) groups excluding carboxylic acids is 1. The normalized spacial score (nSPS) is 16.4. The van der Waals surface area contributed by atoms with Crippen LogP contribution in [0, 0.1) is 6.42 Å². The van der Waals surface area contributed by atoms with Gasteiger partial charge in [-0.15, -0.1) is 0 Å². The summed E-state index contributed by atoms with van der Waals surface area (Å²) in [5.41, 5.74) is 0.959. The van der Waals surface area contributed by atoms with Gasteiger partial charge in [0.2, 0.25) is 0 Å². The van der Waals surface area contributed by atoms with Crippen LogP contribution in [0.3, 0.4) is 0 Å². The molecule has 1 heterocycles. The number of hydroxylamine groups is 2. The molecule has 1 saturated heterocycles. The summed E-state index contributed by atoms with van der Waals surface area (Å²) in [6.45, 7) is 0.801. The molecule has 0 saturated carbocycles. The molecule has 0 bridgehead atoms. The number of amides is 1. The van der Waals surface area contributed by atoms with Gasteiger partial charge >= 0.3 is 0 Å². The van der Waals surface area contributed by atoms with Gasteiger partial charge in [0, 0.05) is 5.02 Å². The third kappa shape index (κ3) is 2.05. The highest BCUT2D eigenvalue weighted by atomic mass is 35.5. The second-order valence-corrected chi connectivity index (χ2v) is 3.44. The first-order chi connectivity index (χ1) is 6.75. The SMILES string of the molecule is O=C1[CH]CON1Cc1cccc(Cl)c1. The largest absolute Gasteiger partial charge is 0.272 e. The van der Waals surface area contributed by atoms with Crippen LogP contribution in [0.1, 0.15) is 5.56 Å². The van der Waals surface area contributed by atoms with Crippen LogP contribution >= 0.6 is 11.6 Å². The van der Waals surface area contributed by atoms with Gasteiger partial charge in [0.1, 0.15) is 0 Å². The van der Waals surface area contributed by atoms with Crippen molar-refractivity contribution >= 4 is 17.5 Å². The fourth-order valence-electron chi connectivity index (χ4n) is 1.29. The van der Waals surface area contributed by atoms with E-state index in [0.717, 1.165) is 5.56 Å². The van der Waals surface area contributed by atoms with E-state index in [9.17, 15) is 4.79 Å². The lowest BCUT2D eigenvalue weighted by molar-refractivity contribution is -0.164. The van der Waals surface area contributed by atoms with Crippen LogP contribution in [0.5, 0.6) is 0 Å². The van der Waals surface area contributed by atoms with E-state index in [2.05, 4.69) is 0 Å². The average molecular weight is 211 g/mol. The van der Waals surface area contributed by atoms with Crippen molar-refractivity contribution in [2.45, 2.75) is 6.54 Å². The minimum absolute atomic E-state index is 0.0926. The average Bonchev–Trinajstić information content (AvgIpc) is 2.52. The van der Waals surface area contributed by atoms with Gasteiger partial charge < -0.3 is 0 Å². The smallest absolute Gasteiger partial charge is 0.252 e. The van der Waals surface area contributed by atoms with E-state index in [1.807, 2.05) is 18.2 Å². The predicted molar refractivity (Wildman–Crippen MR) is 52.3 cm³/mol. The van der Waals surface area contributed by atoms with Crippen LogP contribution in [0.15, 0.2) is 24.3 Å². The molecule has 2 rings (SSSR count). The number of benzene rings is 1. The van der Waals surface area contributed by atoms with Gasteiger partial charge in [-0.3, -0.25) is 9.63 Å². The number of carbonyl (C=O) groups is 1. The Morgan fingerprint density at radius 3 is 3.00 bits per heavy atom. The zero-order chi connectivity index (χ0) is 9.97. The standard InChI is InChI=1S/C10H9ClNO2/c11-9-3-1-2-8(6-9)7-12-10(13)4-5-14-12/h1-4,6H,5,7H2. The Morgan fingerprint density at radius 1 is 1.50 bits per heavy atom. The van der Waals surface area contributed by atoms with Crippen LogP contribution < -0.4 is 0 Å². The van der Waals surface area contributed by atoms with Gasteiger partial charge in [-0.25, -0.2) is 5.06 Å². The lowest BCUT2D eigenvalue weighted by Crippen LogP contribution is -2.22. The molecule has 1 aromatic rings. The summed E-state index contributed by atoms with van der Waals surface area (Å²) in [4.78, 5) is 16.3. The maximum Gasteiger partial charge on any atom is 0.252 e. The molecule has 73 valence electrons. The van der Waals surface area contributed by atoms with E-state index in [1.54, 1.807) is 6.07 Å². The van der Waals surface area contributed by atoms with Crippen molar-refractivity contribution in [1.29, 1.82) is 0 Å². The quantitative estimate of drug-likeness (QED) is 0.745. The zero-order valence-corrected chi connectivity index (χ0v) is 8.20. The molecule has 1 aliphatic heterocycles. The summed E-state index contributed by atoms with van der Waals surface area (Å²) < 4.78 is 0. The molecule has 0 atom stereocenters. The molecule has 1 radical (unpaired) electrons. The van der Waals surface area contributed by atoms with Crippen molar-refractivity contribution in [3.63, 3.8) is 0 Å². The summed E-state index contributed by atoms with van der Waals surface area (Å²) >= 11 is 5.81. The molecule has 1 fully saturated rings. The second kappa shape index (κ2) is 3.98. The molecule has 0 spiro atoms. The lowest BCUT2D eigenvalue weighted by Gasteiger charge is -2.13. The van der Waals surface area contributed by atoms with E-state index in [1.165, 1.54) is 11.5 Å². The Hall–Kier alpha value is -1.06. The maximum absolute atomic E-state index is 11.2. The van der Waals surface area contributed by atoms with E-state index in [0.29, 0.717) is 18.2 Å². The Kier molecular flexibility index (Phi) is 2.70. The summed E-state index contributed by atoms with van der Waals surface area (Å²) in [5, 5.41) is 1.99. The number of halogens is 1. The number of nitrogens with zero attached hydrogens (tertiary/aromatic N) is 1. The molecule has 0 unspecified atom stereocenters. The van der Waals surface area contributed by atoms with E-state index in [-0.39, 0.29) is 5.91 Å². The van der Waals surface area contributed by atoms with Gasteiger partial charge in [0.25, 0.3) is 5.91 Å². The lowest BCUT2D eigenvalue weighted by atomic mass is 10.2. The Bertz CT molecular complexity index is 354. The molecule has 4 heteroatoms. The van der Waals surface area contributed by atoms with Crippen LogP contribution in [-0.2, 0) is 16.2 Å². The van der Waals surface area contributed by atoms with Crippen LogP contribution in [-0.4, -0.2) is 17.6 Å². The molecule has 1 aliphatic rings. The van der Waals surface area contributed by atoms with E-state index < -0.39 is 0 Å². The fourth-order valence-corrected chi connectivity index (χ4v) is 1.50. The van der Waals surface area contributed by atoms with Gasteiger partial charge in [0.05, 0.1) is 19.6 Å². The van der Waals surface area contributed by atoms with Crippen molar-refractivity contribution in [2.24, 2.45) is 0 Å². The van der Waals surface area contributed by atoms with E-state index >= 15 is 0 Å². The number of rotatable bonds is 2. The molecule has 14 heavy (non-hydrogen) atoms. The Morgan fingerprint density at radius 2 is 2.36 bits per heavy atom. The first kappa shape index (κ1) is 9.49. The van der Waals surface area contributed by atoms with Crippen molar-refractivity contribution in [1.82, 2.24) is 5.06 Å². The van der Waals surface area contributed by atoms with Crippen LogP contribution in [0.2, 0.25) is 5.02 Å². The summed E-state index contributed by atoms with van der Waals surface area (Å²) in [6, 6.07) is 7.36. The first-order valence-corrected chi connectivity index (χ1v) is 4.65. The summed E-state index contributed by atoms with van der Waals surface area (Å²) in [7, 11) is 0. The molecule has 0 aromatic heterocycles. The molecule has 1 aromatic carbocycles. The highest BCUT2D eigenvalue weighted by Crippen LogP contribution is 2.15. The van der Waals surface area contributed by atoms with Crippen LogP contribution in [0.25, 0.3) is 0 Å². The Labute approximate surface area is 87.2 Å². The third-order valence-electron chi connectivity index (χ3n) is 1.95. The third-order valence-corrected chi connectivity index (χ3v) is 2.18. The molecule has 0 N–H and O–H groups in total. The molecular formula is C10H9ClNO2.